The van der Waals surface area contributed by atoms with Gasteiger partial charge in [-0.2, -0.15) is 0 Å². The summed E-state index contributed by atoms with van der Waals surface area (Å²) in [5.74, 6) is 3.45. The number of terminal acetylenes is 1. The van der Waals surface area contributed by atoms with Gasteiger partial charge in [-0.3, -0.25) is 0 Å². The van der Waals surface area contributed by atoms with E-state index in [0.29, 0.717) is 12.0 Å². The van der Waals surface area contributed by atoms with Crippen LogP contribution in [0.15, 0.2) is 24.3 Å². The van der Waals surface area contributed by atoms with E-state index in [1.807, 2.05) is 12.1 Å². The quantitative estimate of drug-likeness (QED) is 0.802. The second kappa shape index (κ2) is 5.58. The molecule has 1 unspecified atom stereocenters. The first kappa shape index (κ1) is 12.5. The van der Waals surface area contributed by atoms with Crippen LogP contribution < -0.4 is 5.32 Å². The normalized spacial score (nSPS) is 24.8. The molecule has 1 nitrogen and oxygen atoms in total. The summed E-state index contributed by atoms with van der Waals surface area (Å²) in [7, 11) is 0. The molecule has 2 heteroatoms. The van der Waals surface area contributed by atoms with Crippen LogP contribution in [0.25, 0.3) is 0 Å². The monoisotopic (exact) mass is 247 g/mol. The van der Waals surface area contributed by atoms with Crippen molar-refractivity contribution in [2.75, 3.05) is 0 Å². The number of hydrogen-bond donors (Lipinski definition) is 1. The molecule has 90 valence electrons. The van der Waals surface area contributed by atoms with Crippen LogP contribution >= 0.6 is 11.6 Å². The first-order valence-corrected chi connectivity index (χ1v) is 6.58. The Morgan fingerprint density at radius 2 is 2.06 bits per heavy atom. The van der Waals surface area contributed by atoms with E-state index in [4.69, 9.17) is 18.0 Å². The lowest BCUT2D eigenvalue weighted by Gasteiger charge is -2.37. The zero-order valence-electron chi connectivity index (χ0n) is 10.1. The molecular formula is C15H18ClN. The summed E-state index contributed by atoms with van der Waals surface area (Å²) in [6.45, 7) is 2.12. The number of halogens is 1. The lowest BCUT2D eigenvalue weighted by atomic mass is 9.75. The summed E-state index contributed by atoms with van der Waals surface area (Å²) in [5, 5.41) is 4.31. The van der Waals surface area contributed by atoms with Gasteiger partial charge in [0, 0.05) is 11.1 Å². The SMILES string of the molecule is C#CC(CC)NC1CC(c2ccc(Cl)cc2)C1. The lowest BCUT2D eigenvalue weighted by Crippen LogP contribution is -2.44. The maximum atomic E-state index is 5.88. The summed E-state index contributed by atoms with van der Waals surface area (Å²) < 4.78 is 0. The van der Waals surface area contributed by atoms with E-state index < -0.39 is 0 Å². The summed E-state index contributed by atoms with van der Waals surface area (Å²) in [5.41, 5.74) is 1.39. The minimum atomic E-state index is 0.228. The van der Waals surface area contributed by atoms with Crippen LogP contribution in [-0.4, -0.2) is 12.1 Å². The highest BCUT2D eigenvalue weighted by atomic mass is 35.5. The Morgan fingerprint density at radius 1 is 1.41 bits per heavy atom. The van der Waals surface area contributed by atoms with Gasteiger partial charge in [0.05, 0.1) is 6.04 Å². The predicted octanol–water partition coefficient (Wildman–Crippen LogP) is 3.59. The molecule has 1 atom stereocenters. The molecule has 0 heterocycles. The van der Waals surface area contributed by atoms with Crippen molar-refractivity contribution in [1.82, 2.24) is 5.32 Å². The average Bonchev–Trinajstić information content (AvgIpc) is 2.30. The molecule has 1 aliphatic rings. The highest BCUT2D eigenvalue weighted by Gasteiger charge is 2.30. The van der Waals surface area contributed by atoms with Crippen molar-refractivity contribution >= 4 is 11.6 Å². The van der Waals surface area contributed by atoms with Crippen LogP contribution in [0.1, 0.15) is 37.7 Å². The van der Waals surface area contributed by atoms with Crippen LogP contribution in [0.4, 0.5) is 0 Å². The average molecular weight is 248 g/mol. The molecule has 1 N–H and O–H groups in total. The van der Waals surface area contributed by atoms with Gasteiger partial charge < -0.3 is 5.32 Å². The highest BCUT2D eigenvalue weighted by Crippen LogP contribution is 2.37. The molecule has 0 aliphatic heterocycles. The topological polar surface area (TPSA) is 12.0 Å². The third-order valence-corrected chi connectivity index (χ3v) is 3.78. The maximum absolute atomic E-state index is 5.88. The smallest absolute Gasteiger partial charge is 0.0686 e. The summed E-state index contributed by atoms with van der Waals surface area (Å²) >= 11 is 5.88. The second-order valence-corrected chi connectivity index (χ2v) is 5.15. The van der Waals surface area contributed by atoms with Crippen molar-refractivity contribution in [2.24, 2.45) is 0 Å². The van der Waals surface area contributed by atoms with E-state index in [-0.39, 0.29) is 6.04 Å². The predicted molar refractivity (Wildman–Crippen MR) is 73.3 cm³/mol. The molecule has 0 spiro atoms. The molecule has 0 saturated heterocycles. The molecule has 0 aromatic heterocycles. The Bertz CT molecular complexity index is 398. The molecule has 0 bridgehead atoms. The largest absolute Gasteiger partial charge is 0.301 e. The van der Waals surface area contributed by atoms with Crippen LogP contribution in [0.5, 0.6) is 0 Å². The highest BCUT2D eigenvalue weighted by molar-refractivity contribution is 6.30. The fourth-order valence-electron chi connectivity index (χ4n) is 2.33. The Morgan fingerprint density at radius 3 is 2.59 bits per heavy atom. The fourth-order valence-corrected chi connectivity index (χ4v) is 2.46. The fraction of sp³-hybridized carbons (Fsp3) is 0.467. The van der Waals surface area contributed by atoms with Gasteiger partial charge in [0.2, 0.25) is 0 Å². The minimum absolute atomic E-state index is 0.228. The molecule has 1 fully saturated rings. The number of rotatable bonds is 4. The van der Waals surface area contributed by atoms with Crippen molar-refractivity contribution in [2.45, 2.75) is 44.2 Å². The van der Waals surface area contributed by atoms with E-state index >= 15 is 0 Å². The first-order valence-electron chi connectivity index (χ1n) is 6.20. The van der Waals surface area contributed by atoms with Gasteiger partial charge >= 0.3 is 0 Å². The van der Waals surface area contributed by atoms with Crippen molar-refractivity contribution in [1.29, 1.82) is 0 Å². The molecular weight excluding hydrogens is 230 g/mol. The van der Waals surface area contributed by atoms with E-state index in [2.05, 4.69) is 30.3 Å². The van der Waals surface area contributed by atoms with Crippen molar-refractivity contribution in [3.8, 4) is 12.3 Å². The van der Waals surface area contributed by atoms with E-state index in [0.717, 1.165) is 11.4 Å². The number of hydrogen-bond acceptors (Lipinski definition) is 1. The van der Waals surface area contributed by atoms with Crippen LogP contribution in [-0.2, 0) is 0 Å². The van der Waals surface area contributed by atoms with E-state index in [1.165, 1.54) is 18.4 Å². The van der Waals surface area contributed by atoms with Crippen LogP contribution in [0.3, 0.4) is 0 Å². The summed E-state index contributed by atoms with van der Waals surface area (Å²) in [4.78, 5) is 0. The zero-order valence-corrected chi connectivity index (χ0v) is 10.9. The molecule has 0 amide bonds. The Balaban J connectivity index is 1.83. The van der Waals surface area contributed by atoms with E-state index in [1.54, 1.807) is 0 Å². The molecule has 1 aromatic carbocycles. The van der Waals surface area contributed by atoms with Gasteiger partial charge in [-0.05, 0) is 42.9 Å². The standard InChI is InChI=1S/C15H18ClN/c1-3-14(4-2)17-15-9-12(10-15)11-5-7-13(16)8-6-11/h1,5-8,12,14-15,17H,4,9-10H2,2H3. The van der Waals surface area contributed by atoms with Gasteiger partial charge in [-0.15, -0.1) is 6.42 Å². The van der Waals surface area contributed by atoms with Gasteiger partial charge in [-0.25, -0.2) is 0 Å². The first-order chi connectivity index (χ1) is 8.22. The third kappa shape index (κ3) is 3.03. The van der Waals surface area contributed by atoms with E-state index in [9.17, 15) is 0 Å². The van der Waals surface area contributed by atoms with Crippen LogP contribution in [0.2, 0.25) is 5.02 Å². The third-order valence-electron chi connectivity index (χ3n) is 3.53. The molecule has 17 heavy (non-hydrogen) atoms. The van der Waals surface area contributed by atoms with Gasteiger partial charge in [0.25, 0.3) is 0 Å². The van der Waals surface area contributed by atoms with Crippen molar-refractivity contribution in [3.05, 3.63) is 34.9 Å². The van der Waals surface area contributed by atoms with Gasteiger partial charge in [-0.1, -0.05) is 36.6 Å². The minimum Gasteiger partial charge on any atom is -0.301 e. The second-order valence-electron chi connectivity index (χ2n) is 4.71. The molecule has 1 aliphatic carbocycles. The van der Waals surface area contributed by atoms with Gasteiger partial charge in [0.15, 0.2) is 0 Å². The molecule has 1 saturated carbocycles. The Kier molecular flexibility index (Phi) is 4.10. The van der Waals surface area contributed by atoms with Gasteiger partial charge in [0.1, 0.15) is 0 Å². The summed E-state index contributed by atoms with van der Waals surface area (Å²) in [6.07, 6.45) is 8.80. The summed E-state index contributed by atoms with van der Waals surface area (Å²) in [6, 6.07) is 8.99. The lowest BCUT2D eigenvalue weighted by molar-refractivity contribution is 0.278. The maximum Gasteiger partial charge on any atom is 0.0686 e. The van der Waals surface area contributed by atoms with Crippen molar-refractivity contribution in [3.63, 3.8) is 0 Å². The molecule has 0 radical (unpaired) electrons. The Hall–Kier alpha value is -0.970. The molecule has 1 aromatic rings. The van der Waals surface area contributed by atoms with Crippen LogP contribution in [0, 0.1) is 12.3 Å². The Labute approximate surface area is 109 Å². The molecule has 2 rings (SSSR count). The zero-order chi connectivity index (χ0) is 12.3. The number of nitrogens with one attached hydrogen (secondary N) is 1. The number of benzene rings is 1. The van der Waals surface area contributed by atoms with Crippen molar-refractivity contribution < 1.29 is 0 Å².